The fraction of sp³-hybridized carbons (Fsp3) is 0.818. The van der Waals surface area contributed by atoms with Gasteiger partial charge in [0.1, 0.15) is 0 Å². The van der Waals surface area contributed by atoms with Gasteiger partial charge < -0.3 is 10.0 Å². The largest absolute Gasteiger partial charge is 0.481 e. The number of carbonyl (C=O) groups is 2. The lowest BCUT2D eigenvalue weighted by Gasteiger charge is -2.26. The number of amides is 1. The third-order valence-corrected chi connectivity index (χ3v) is 3.09. The molecule has 0 aromatic rings. The number of aliphatic carboxylic acids is 1. The van der Waals surface area contributed by atoms with Crippen LogP contribution >= 0.6 is 0 Å². The molecular weight excluding hydrogens is 208 g/mol. The van der Waals surface area contributed by atoms with Crippen molar-refractivity contribution in [2.75, 3.05) is 26.7 Å². The van der Waals surface area contributed by atoms with Crippen molar-refractivity contribution >= 4 is 11.9 Å². The van der Waals surface area contributed by atoms with Crippen LogP contribution in [0.3, 0.4) is 0 Å². The number of carbonyl (C=O) groups excluding carboxylic acids is 1. The summed E-state index contributed by atoms with van der Waals surface area (Å²) in [5.74, 6) is -1.29. The van der Waals surface area contributed by atoms with Crippen LogP contribution in [-0.2, 0) is 9.59 Å². The molecule has 1 fully saturated rings. The molecule has 1 aliphatic heterocycles. The van der Waals surface area contributed by atoms with Crippen molar-refractivity contribution in [3.8, 4) is 0 Å². The Kier molecular flexibility index (Phi) is 4.29. The molecule has 0 aliphatic carbocycles. The molecule has 0 aromatic heterocycles. The summed E-state index contributed by atoms with van der Waals surface area (Å²) < 4.78 is 0. The molecule has 5 nitrogen and oxygen atoms in total. The molecule has 0 aromatic carbocycles. The second-order valence-electron chi connectivity index (χ2n) is 4.42. The Balaban J connectivity index is 2.84. The van der Waals surface area contributed by atoms with Crippen molar-refractivity contribution < 1.29 is 14.7 Å². The summed E-state index contributed by atoms with van der Waals surface area (Å²) >= 11 is 0. The molecule has 1 aliphatic rings. The predicted molar refractivity (Wildman–Crippen MR) is 60.1 cm³/mol. The van der Waals surface area contributed by atoms with Crippen LogP contribution in [0.2, 0.25) is 0 Å². The van der Waals surface area contributed by atoms with Crippen molar-refractivity contribution in [1.29, 1.82) is 0 Å². The van der Waals surface area contributed by atoms with Gasteiger partial charge in [0, 0.05) is 20.1 Å². The number of nitrogens with zero attached hydrogens (tertiary/aromatic N) is 2. The van der Waals surface area contributed by atoms with E-state index in [4.69, 9.17) is 5.11 Å². The highest BCUT2D eigenvalue weighted by Crippen LogP contribution is 2.15. The van der Waals surface area contributed by atoms with E-state index >= 15 is 0 Å². The minimum Gasteiger partial charge on any atom is -0.481 e. The normalized spacial score (nSPS) is 27.9. The lowest BCUT2D eigenvalue weighted by Crippen LogP contribution is -2.43. The summed E-state index contributed by atoms with van der Waals surface area (Å²) in [6.45, 7) is 5.41. The number of hydrogen-bond acceptors (Lipinski definition) is 3. The van der Waals surface area contributed by atoms with Gasteiger partial charge in [0.2, 0.25) is 5.91 Å². The maximum absolute atomic E-state index is 11.9. The fourth-order valence-corrected chi connectivity index (χ4v) is 2.12. The Hall–Kier alpha value is -1.10. The van der Waals surface area contributed by atoms with E-state index in [9.17, 15) is 9.59 Å². The van der Waals surface area contributed by atoms with Gasteiger partial charge >= 0.3 is 5.97 Å². The molecule has 0 saturated carbocycles. The molecule has 0 bridgehead atoms. The number of carboxylic acids is 1. The van der Waals surface area contributed by atoms with Crippen molar-refractivity contribution in [3.05, 3.63) is 0 Å². The molecule has 92 valence electrons. The topological polar surface area (TPSA) is 60.9 Å². The van der Waals surface area contributed by atoms with Gasteiger partial charge in [-0.3, -0.25) is 14.5 Å². The summed E-state index contributed by atoms with van der Waals surface area (Å²) in [7, 11) is 1.67. The van der Waals surface area contributed by atoms with E-state index in [-0.39, 0.29) is 11.9 Å². The van der Waals surface area contributed by atoms with Crippen LogP contribution in [-0.4, -0.2) is 59.5 Å². The van der Waals surface area contributed by atoms with E-state index < -0.39 is 11.9 Å². The van der Waals surface area contributed by atoms with Gasteiger partial charge in [0.15, 0.2) is 0 Å². The molecular formula is C11H20N2O3. The van der Waals surface area contributed by atoms with E-state index in [0.29, 0.717) is 13.1 Å². The van der Waals surface area contributed by atoms with Gasteiger partial charge in [0.05, 0.1) is 12.0 Å². The highest BCUT2D eigenvalue weighted by Gasteiger charge is 2.34. The third kappa shape index (κ3) is 2.72. The van der Waals surface area contributed by atoms with Crippen LogP contribution in [0.25, 0.3) is 0 Å². The first-order valence-electron chi connectivity index (χ1n) is 5.69. The molecule has 0 spiro atoms. The predicted octanol–water partition coefficient (Wildman–Crippen LogP) is 0.260. The summed E-state index contributed by atoms with van der Waals surface area (Å²) in [4.78, 5) is 26.4. The van der Waals surface area contributed by atoms with Crippen LogP contribution in [0.15, 0.2) is 0 Å². The minimum atomic E-state index is -0.824. The number of carboxylic acid groups (broad SMARTS) is 1. The molecule has 2 unspecified atom stereocenters. The van der Waals surface area contributed by atoms with Crippen molar-refractivity contribution in [3.63, 3.8) is 0 Å². The van der Waals surface area contributed by atoms with E-state index in [1.165, 1.54) is 4.90 Å². The van der Waals surface area contributed by atoms with Crippen LogP contribution < -0.4 is 0 Å². The molecule has 1 heterocycles. The van der Waals surface area contributed by atoms with Crippen LogP contribution in [0.1, 0.15) is 20.3 Å². The summed E-state index contributed by atoms with van der Waals surface area (Å²) in [5.41, 5.74) is 0. The van der Waals surface area contributed by atoms with E-state index in [2.05, 4.69) is 0 Å². The Morgan fingerprint density at radius 3 is 2.62 bits per heavy atom. The van der Waals surface area contributed by atoms with Crippen LogP contribution in [0, 0.1) is 5.92 Å². The quantitative estimate of drug-likeness (QED) is 0.752. The molecule has 16 heavy (non-hydrogen) atoms. The SMILES string of the molecule is CCCN1CC(C(=O)O)CN(C)C(=O)C1C. The highest BCUT2D eigenvalue weighted by atomic mass is 16.4. The summed E-state index contributed by atoms with van der Waals surface area (Å²) in [5, 5.41) is 9.07. The van der Waals surface area contributed by atoms with Crippen molar-refractivity contribution in [2.24, 2.45) is 5.92 Å². The monoisotopic (exact) mass is 228 g/mol. The molecule has 2 atom stereocenters. The minimum absolute atomic E-state index is 0.0113. The average molecular weight is 228 g/mol. The lowest BCUT2D eigenvalue weighted by molar-refractivity contribution is -0.142. The summed E-state index contributed by atoms with van der Waals surface area (Å²) in [6, 6.07) is -0.214. The lowest BCUT2D eigenvalue weighted by atomic mass is 10.1. The zero-order valence-electron chi connectivity index (χ0n) is 10.1. The number of likely N-dealkylation sites (N-methyl/N-ethyl adjacent to an activating group) is 1. The Bertz CT molecular complexity index is 280. The maximum Gasteiger partial charge on any atom is 0.309 e. The van der Waals surface area contributed by atoms with Gasteiger partial charge in [-0.2, -0.15) is 0 Å². The number of rotatable bonds is 3. The average Bonchev–Trinajstić information content (AvgIpc) is 2.33. The molecule has 1 N–H and O–H groups in total. The zero-order chi connectivity index (χ0) is 12.3. The van der Waals surface area contributed by atoms with Crippen molar-refractivity contribution in [1.82, 2.24) is 9.80 Å². The second-order valence-corrected chi connectivity index (χ2v) is 4.42. The van der Waals surface area contributed by atoms with Gasteiger partial charge in [0.25, 0.3) is 0 Å². The van der Waals surface area contributed by atoms with Crippen molar-refractivity contribution in [2.45, 2.75) is 26.3 Å². The van der Waals surface area contributed by atoms with Gasteiger partial charge in [-0.1, -0.05) is 6.92 Å². The molecule has 1 saturated heterocycles. The Morgan fingerprint density at radius 1 is 1.50 bits per heavy atom. The van der Waals surface area contributed by atoms with Crippen LogP contribution in [0.5, 0.6) is 0 Å². The highest BCUT2D eigenvalue weighted by molar-refractivity contribution is 5.82. The summed E-state index contributed by atoms with van der Waals surface area (Å²) in [6.07, 6.45) is 0.924. The third-order valence-electron chi connectivity index (χ3n) is 3.09. The first-order valence-corrected chi connectivity index (χ1v) is 5.69. The maximum atomic E-state index is 11.9. The zero-order valence-corrected chi connectivity index (χ0v) is 10.1. The first-order chi connectivity index (χ1) is 7.47. The van der Waals surface area contributed by atoms with E-state index in [0.717, 1.165) is 13.0 Å². The second kappa shape index (κ2) is 5.30. The standard InChI is InChI=1S/C11H20N2O3/c1-4-5-13-7-9(11(15)16)6-12(3)10(14)8(13)2/h8-9H,4-7H2,1-3H3,(H,15,16). The van der Waals surface area contributed by atoms with Gasteiger partial charge in [-0.25, -0.2) is 0 Å². The molecule has 0 radical (unpaired) electrons. The number of hydrogen-bond donors (Lipinski definition) is 1. The Morgan fingerprint density at radius 2 is 2.12 bits per heavy atom. The van der Waals surface area contributed by atoms with E-state index in [1.807, 2.05) is 18.7 Å². The van der Waals surface area contributed by atoms with Gasteiger partial charge in [-0.05, 0) is 19.9 Å². The Labute approximate surface area is 96.0 Å². The van der Waals surface area contributed by atoms with Crippen LogP contribution in [0.4, 0.5) is 0 Å². The molecule has 5 heteroatoms. The van der Waals surface area contributed by atoms with E-state index in [1.54, 1.807) is 7.05 Å². The molecule has 1 rings (SSSR count). The van der Waals surface area contributed by atoms with Gasteiger partial charge in [-0.15, -0.1) is 0 Å². The molecule has 1 amide bonds. The first kappa shape index (κ1) is 13.0. The smallest absolute Gasteiger partial charge is 0.309 e. The fourth-order valence-electron chi connectivity index (χ4n) is 2.12.